The van der Waals surface area contributed by atoms with Crippen LogP contribution in [-0.4, -0.2) is 34.1 Å². The number of aryl methyl sites for hydroxylation is 2. The highest BCUT2D eigenvalue weighted by atomic mass is 16.2. The molecule has 0 bridgehead atoms. The Kier molecular flexibility index (Phi) is 4.82. The molecule has 1 N–H and O–H groups in total. The van der Waals surface area contributed by atoms with E-state index in [1.54, 1.807) is 19.6 Å². The normalized spacial score (nSPS) is 12.2. The van der Waals surface area contributed by atoms with E-state index in [0.29, 0.717) is 0 Å². The second-order valence-corrected chi connectivity index (χ2v) is 7.11. The molecule has 0 aliphatic heterocycles. The van der Waals surface area contributed by atoms with E-state index in [2.05, 4.69) is 15.3 Å². The third-order valence-electron chi connectivity index (χ3n) is 5.08. The molecule has 0 unspecified atom stereocenters. The molecule has 0 saturated carbocycles. The number of carbonyl (C=O) groups excluding carboxylic acids is 1. The lowest BCUT2D eigenvalue weighted by molar-refractivity contribution is -0.122. The molecule has 0 radical (unpaired) electrons. The monoisotopic (exact) mass is 407 g/mol. The quantitative estimate of drug-likeness (QED) is 0.518. The fraction of sp³-hybridized carbons (Fsp3) is 0.250. The molecule has 0 aliphatic rings. The number of nitrogens with zero attached hydrogens (tertiary/aromatic N) is 6. The topological polar surface area (TPSA) is 109 Å². The van der Waals surface area contributed by atoms with Gasteiger partial charge in [-0.1, -0.05) is 12.1 Å². The van der Waals surface area contributed by atoms with E-state index in [9.17, 15) is 14.4 Å². The number of nitrogens with one attached hydrogen (secondary N) is 1. The van der Waals surface area contributed by atoms with Crippen molar-refractivity contribution in [2.75, 3.05) is 0 Å². The van der Waals surface area contributed by atoms with Crippen molar-refractivity contribution in [1.82, 2.24) is 33.6 Å². The summed E-state index contributed by atoms with van der Waals surface area (Å²) in [4.78, 5) is 45.9. The van der Waals surface area contributed by atoms with Crippen molar-refractivity contribution in [2.24, 2.45) is 14.1 Å². The average Bonchev–Trinajstić information content (AvgIpc) is 3.40. The molecule has 3 aromatic heterocycles. The van der Waals surface area contributed by atoms with E-state index in [4.69, 9.17) is 0 Å². The van der Waals surface area contributed by atoms with Gasteiger partial charge in [0.05, 0.1) is 18.7 Å². The van der Waals surface area contributed by atoms with Crippen LogP contribution in [0.1, 0.15) is 18.5 Å². The van der Waals surface area contributed by atoms with Gasteiger partial charge in [-0.3, -0.25) is 14.2 Å². The summed E-state index contributed by atoms with van der Waals surface area (Å²) in [5.74, 6) is -0.429. The zero-order valence-corrected chi connectivity index (χ0v) is 16.8. The number of amides is 1. The number of benzene rings is 1. The molecule has 1 atom stereocenters. The van der Waals surface area contributed by atoms with Crippen molar-refractivity contribution in [3.8, 4) is 5.69 Å². The Bertz CT molecular complexity index is 1330. The first-order valence-corrected chi connectivity index (χ1v) is 9.35. The summed E-state index contributed by atoms with van der Waals surface area (Å²) >= 11 is 0. The SMILES string of the molecule is C[C@@H](NC(=O)Cn1c(=O)c2c(ncn2C)n(C)c1=O)c1ccc(-n2ccnc2)cc1. The molecule has 1 amide bonds. The molecule has 0 saturated heterocycles. The van der Waals surface area contributed by atoms with Gasteiger partial charge in [-0.05, 0) is 24.6 Å². The zero-order chi connectivity index (χ0) is 21.4. The van der Waals surface area contributed by atoms with Crippen LogP contribution in [0.2, 0.25) is 0 Å². The molecule has 0 spiro atoms. The van der Waals surface area contributed by atoms with E-state index < -0.39 is 17.2 Å². The van der Waals surface area contributed by atoms with Crippen LogP contribution in [-0.2, 0) is 25.4 Å². The lowest BCUT2D eigenvalue weighted by Crippen LogP contribution is -2.43. The third kappa shape index (κ3) is 3.32. The largest absolute Gasteiger partial charge is 0.348 e. The van der Waals surface area contributed by atoms with Crippen LogP contribution in [0.5, 0.6) is 0 Å². The Labute approximate surface area is 171 Å². The van der Waals surface area contributed by atoms with Crippen LogP contribution < -0.4 is 16.6 Å². The highest BCUT2D eigenvalue weighted by Gasteiger charge is 2.18. The van der Waals surface area contributed by atoms with Crippen molar-refractivity contribution >= 4 is 17.1 Å². The second-order valence-electron chi connectivity index (χ2n) is 7.11. The lowest BCUT2D eigenvalue weighted by atomic mass is 10.1. The fourth-order valence-corrected chi connectivity index (χ4v) is 3.40. The lowest BCUT2D eigenvalue weighted by Gasteiger charge is -2.16. The van der Waals surface area contributed by atoms with Crippen LogP contribution in [0.15, 0.2) is 58.9 Å². The molecule has 4 rings (SSSR count). The van der Waals surface area contributed by atoms with Crippen molar-refractivity contribution in [3.05, 3.63) is 75.7 Å². The Hall–Kier alpha value is -3.95. The maximum atomic E-state index is 12.7. The van der Waals surface area contributed by atoms with Gasteiger partial charge in [0.1, 0.15) is 6.54 Å². The summed E-state index contributed by atoms with van der Waals surface area (Å²) < 4.78 is 5.61. The molecular weight excluding hydrogens is 386 g/mol. The Morgan fingerprint density at radius 2 is 1.87 bits per heavy atom. The van der Waals surface area contributed by atoms with Gasteiger partial charge >= 0.3 is 5.69 Å². The molecule has 1 aromatic carbocycles. The number of aromatic nitrogens is 6. The van der Waals surface area contributed by atoms with Crippen molar-refractivity contribution in [3.63, 3.8) is 0 Å². The minimum Gasteiger partial charge on any atom is -0.348 e. The predicted octanol–water partition coefficient (Wildman–Crippen LogP) is 0.497. The summed E-state index contributed by atoms with van der Waals surface area (Å²) in [5, 5.41) is 2.84. The summed E-state index contributed by atoms with van der Waals surface area (Å²) in [5.41, 5.74) is 1.28. The number of hydrogen-bond acceptors (Lipinski definition) is 5. The van der Waals surface area contributed by atoms with Crippen LogP contribution in [0.25, 0.3) is 16.9 Å². The molecule has 0 aliphatic carbocycles. The van der Waals surface area contributed by atoms with Gasteiger partial charge in [0.25, 0.3) is 5.56 Å². The van der Waals surface area contributed by atoms with Gasteiger partial charge in [-0.2, -0.15) is 0 Å². The summed E-state index contributed by atoms with van der Waals surface area (Å²) in [7, 11) is 3.19. The summed E-state index contributed by atoms with van der Waals surface area (Å²) in [6.45, 7) is 1.47. The standard InChI is InChI=1S/C20H21N7O3/c1-13(14-4-6-15(7-5-14)26-9-8-21-11-26)23-16(28)10-27-19(29)17-18(22-12-24(17)2)25(3)20(27)30/h4-9,11-13H,10H2,1-3H3,(H,23,28)/t13-/m1/s1. The molecule has 10 heteroatoms. The number of fused-ring (bicyclic) bond motifs is 1. The van der Waals surface area contributed by atoms with Gasteiger partial charge in [0.2, 0.25) is 5.91 Å². The van der Waals surface area contributed by atoms with E-state index in [1.165, 1.54) is 22.5 Å². The Morgan fingerprint density at radius 1 is 1.13 bits per heavy atom. The number of rotatable bonds is 5. The van der Waals surface area contributed by atoms with Gasteiger partial charge in [0, 0.05) is 32.2 Å². The predicted molar refractivity (Wildman–Crippen MR) is 110 cm³/mol. The van der Waals surface area contributed by atoms with E-state index in [-0.39, 0.29) is 23.8 Å². The van der Waals surface area contributed by atoms with E-state index in [0.717, 1.165) is 15.8 Å². The molecular formula is C20H21N7O3. The average molecular weight is 407 g/mol. The first kappa shape index (κ1) is 19.4. The van der Waals surface area contributed by atoms with Gasteiger partial charge in [0.15, 0.2) is 11.2 Å². The molecule has 30 heavy (non-hydrogen) atoms. The van der Waals surface area contributed by atoms with Crippen LogP contribution in [0, 0.1) is 0 Å². The number of imidazole rings is 2. The first-order valence-electron chi connectivity index (χ1n) is 9.35. The fourth-order valence-electron chi connectivity index (χ4n) is 3.40. The number of hydrogen-bond donors (Lipinski definition) is 1. The van der Waals surface area contributed by atoms with Gasteiger partial charge in [-0.25, -0.2) is 19.3 Å². The third-order valence-corrected chi connectivity index (χ3v) is 5.08. The molecule has 154 valence electrons. The van der Waals surface area contributed by atoms with Crippen LogP contribution in [0.3, 0.4) is 0 Å². The Morgan fingerprint density at radius 3 is 2.53 bits per heavy atom. The smallest absolute Gasteiger partial charge is 0.332 e. The molecule has 4 aromatic rings. The van der Waals surface area contributed by atoms with E-state index in [1.807, 2.05) is 42.0 Å². The van der Waals surface area contributed by atoms with Crippen molar-refractivity contribution in [1.29, 1.82) is 0 Å². The van der Waals surface area contributed by atoms with Crippen molar-refractivity contribution in [2.45, 2.75) is 19.5 Å². The molecule has 0 fully saturated rings. The second kappa shape index (κ2) is 7.47. The minimum atomic E-state index is -0.585. The van der Waals surface area contributed by atoms with Gasteiger partial charge < -0.3 is 14.5 Å². The number of carbonyl (C=O) groups is 1. The molecule has 3 heterocycles. The minimum absolute atomic E-state index is 0.271. The van der Waals surface area contributed by atoms with Crippen molar-refractivity contribution < 1.29 is 4.79 Å². The molecule has 10 nitrogen and oxygen atoms in total. The maximum Gasteiger partial charge on any atom is 0.332 e. The van der Waals surface area contributed by atoms with Crippen LogP contribution in [0.4, 0.5) is 0 Å². The summed E-state index contributed by atoms with van der Waals surface area (Å²) in [6, 6.07) is 7.38. The van der Waals surface area contributed by atoms with Gasteiger partial charge in [-0.15, -0.1) is 0 Å². The van der Waals surface area contributed by atoms with E-state index >= 15 is 0 Å². The first-order chi connectivity index (χ1) is 14.4. The maximum absolute atomic E-state index is 12.7. The van der Waals surface area contributed by atoms with Crippen LogP contribution >= 0.6 is 0 Å². The summed E-state index contributed by atoms with van der Waals surface area (Å²) in [6.07, 6.45) is 6.71. The highest BCUT2D eigenvalue weighted by Crippen LogP contribution is 2.15. The zero-order valence-electron chi connectivity index (χ0n) is 16.8. The highest BCUT2D eigenvalue weighted by molar-refractivity contribution is 5.77. The Balaban J connectivity index is 1.53.